The van der Waals surface area contributed by atoms with Gasteiger partial charge in [0, 0.05) is 26.2 Å². The van der Waals surface area contributed by atoms with Crippen LogP contribution in [0.4, 0.5) is 5.13 Å². The van der Waals surface area contributed by atoms with E-state index in [2.05, 4.69) is 9.88 Å². The molecule has 0 spiro atoms. The summed E-state index contributed by atoms with van der Waals surface area (Å²) in [5.74, 6) is 0. The van der Waals surface area contributed by atoms with Crippen molar-refractivity contribution in [2.45, 2.75) is 6.42 Å². The molecule has 1 fully saturated rings. The summed E-state index contributed by atoms with van der Waals surface area (Å²) in [6.07, 6.45) is 2.07. The second-order valence-electron chi connectivity index (χ2n) is 5.09. The molecule has 0 amide bonds. The van der Waals surface area contributed by atoms with Crippen molar-refractivity contribution < 1.29 is 8.42 Å². The second kappa shape index (κ2) is 5.72. The fraction of sp³-hybridized carbons (Fsp3) is 0.462. The van der Waals surface area contributed by atoms with Gasteiger partial charge in [-0.15, -0.1) is 0 Å². The van der Waals surface area contributed by atoms with E-state index < -0.39 is 10.0 Å². The van der Waals surface area contributed by atoms with Gasteiger partial charge in [0.25, 0.3) is 0 Å². The first-order valence-electron chi connectivity index (χ1n) is 6.70. The van der Waals surface area contributed by atoms with Gasteiger partial charge in [0.2, 0.25) is 10.0 Å². The van der Waals surface area contributed by atoms with Crippen LogP contribution < -0.4 is 4.90 Å². The number of fused-ring (bicyclic) bond motifs is 1. The highest BCUT2D eigenvalue weighted by molar-refractivity contribution is 7.88. The summed E-state index contributed by atoms with van der Waals surface area (Å²) in [4.78, 5) is 6.75. The Balaban J connectivity index is 1.84. The van der Waals surface area contributed by atoms with Gasteiger partial charge in [-0.2, -0.15) is 0 Å². The van der Waals surface area contributed by atoms with Crippen molar-refractivity contribution in [1.82, 2.24) is 9.29 Å². The highest BCUT2D eigenvalue weighted by atomic mass is 35.5. The predicted octanol–water partition coefficient (Wildman–Crippen LogP) is 2.42. The number of benzene rings is 1. The fourth-order valence-electron chi connectivity index (χ4n) is 2.46. The summed E-state index contributed by atoms with van der Waals surface area (Å²) in [6.45, 7) is 2.54. The van der Waals surface area contributed by atoms with Crippen LogP contribution in [0.5, 0.6) is 0 Å². The van der Waals surface area contributed by atoms with Gasteiger partial charge in [-0.05, 0) is 18.6 Å². The van der Waals surface area contributed by atoms with Crippen LogP contribution in [0.15, 0.2) is 18.2 Å². The average Bonchev–Trinajstić information content (AvgIpc) is 2.68. The molecule has 1 saturated heterocycles. The molecule has 8 heteroatoms. The average molecular weight is 346 g/mol. The number of nitrogens with zero attached hydrogens (tertiary/aromatic N) is 3. The predicted molar refractivity (Wildman–Crippen MR) is 87.9 cm³/mol. The van der Waals surface area contributed by atoms with Crippen LogP contribution >= 0.6 is 22.9 Å². The van der Waals surface area contributed by atoms with E-state index in [1.54, 1.807) is 11.3 Å². The SMILES string of the molecule is CS(=O)(=O)N1CCCN(c2nc3c(Cl)cccc3s2)CC1. The van der Waals surface area contributed by atoms with Gasteiger partial charge < -0.3 is 4.90 Å². The summed E-state index contributed by atoms with van der Waals surface area (Å²) in [5, 5.41) is 1.57. The van der Waals surface area contributed by atoms with Crippen LogP contribution in [0, 0.1) is 0 Å². The summed E-state index contributed by atoms with van der Waals surface area (Å²) >= 11 is 7.76. The smallest absolute Gasteiger partial charge is 0.211 e. The normalized spacial score (nSPS) is 18.1. The molecule has 2 heterocycles. The Morgan fingerprint density at radius 2 is 2.05 bits per heavy atom. The molecular weight excluding hydrogens is 330 g/mol. The number of sulfonamides is 1. The van der Waals surface area contributed by atoms with Crippen LogP contribution in [0.3, 0.4) is 0 Å². The van der Waals surface area contributed by atoms with Crippen molar-refractivity contribution >= 4 is 48.3 Å². The van der Waals surface area contributed by atoms with E-state index in [1.807, 2.05) is 18.2 Å². The molecule has 0 N–H and O–H groups in total. The first-order chi connectivity index (χ1) is 9.95. The monoisotopic (exact) mass is 345 g/mol. The number of aromatic nitrogens is 1. The van der Waals surface area contributed by atoms with Gasteiger partial charge in [-0.1, -0.05) is 29.0 Å². The summed E-state index contributed by atoms with van der Waals surface area (Å²) in [5.41, 5.74) is 0.823. The van der Waals surface area contributed by atoms with Crippen molar-refractivity contribution in [3.8, 4) is 0 Å². The van der Waals surface area contributed by atoms with E-state index in [0.717, 1.165) is 28.3 Å². The first kappa shape index (κ1) is 15.0. The molecule has 21 heavy (non-hydrogen) atoms. The minimum Gasteiger partial charge on any atom is -0.347 e. The van der Waals surface area contributed by atoms with Crippen molar-refractivity contribution in [2.24, 2.45) is 0 Å². The van der Waals surface area contributed by atoms with E-state index in [9.17, 15) is 8.42 Å². The first-order valence-corrected chi connectivity index (χ1v) is 9.74. The lowest BCUT2D eigenvalue weighted by Gasteiger charge is -2.19. The number of anilines is 1. The third kappa shape index (κ3) is 3.15. The Bertz CT molecular complexity index is 760. The topological polar surface area (TPSA) is 53.5 Å². The third-order valence-electron chi connectivity index (χ3n) is 3.55. The van der Waals surface area contributed by atoms with Gasteiger partial charge in [0.05, 0.1) is 16.0 Å². The maximum Gasteiger partial charge on any atom is 0.211 e. The molecule has 1 aromatic heterocycles. The van der Waals surface area contributed by atoms with E-state index in [0.29, 0.717) is 24.7 Å². The molecule has 1 aromatic carbocycles. The zero-order valence-electron chi connectivity index (χ0n) is 11.6. The van der Waals surface area contributed by atoms with Crippen LogP contribution in [0.25, 0.3) is 10.2 Å². The Morgan fingerprint density at radius 1 is 1.24 bits per heavy atom. The quantitative estimate of drug-likeness (QED) is 0.838. The second-order valence-corrected chi connectivity index (χ2v) is 8.48. The van der Waals surface area contributed by atoms with Crippen molar-refractivity contribution in [1.29, 1.82) is 0 Å². The number of para-hydroxylation sites is 1. The molecule has 2 aromatic rings. The van der Waals surface area contributed by atoms with Crippen LogP contribution in [-0.2, 0) is 10.0 Å². The Hall–Kier alpha value is -0.890. The fourth-order valence-corrected chi connectivity index (χ4v) is 4.65. The van der Waals surface area contributed by atoms with Gasteiger partial charge in [-0.3, -0.25) is 0 Å². The molecule has 5 nitrogen and oxygen atoms in total. The zero-order chi connectivity index (χ0) is 15.0. The minimum absolute atomic E-state index is 0.502. The molecule has 0 atom stereocenters. The molecule has 1 aliphatic rings. The lowest BCUT2D eigenvalue weighted by molar-refractivity contribution is 0.437. The highest BCUT2D eigenvalue weighted by Gasteiger charge is 2.23. The number of hydrogen-bond donors (Lipinski definition) is 0. The molecule has 3 rings (SSSR count). The van der Waals surface area contributed by atoms with Gasteiger partial charge in [0.1, 0.15) is 5.52 Å². The van der Waals surface area contributed by atoms with Crippen LogP contribution in [0.2, 0.25) is 5.02 Å². The van der Waals surface area contributed by atoms with Gasteiger partial charge >= 0.3 is 0 Å². The zero-order valence-corrected chi connectivity index (χ0v) is 14.0. The summed E-state index contributed by atoms with van der Waals surface area (Å²) in [6, 6.07) is 5.75. The van der Waals surface area contributed by atoms with E-state index >= 15 is 0 Å². The molecule has 0 radical (unpaired) electrons. The van der Waals surface area contributed by atoms with Crippen LogP contribution in [-0.4, -0.2) is 50.1 Å². The molecule has 0 unspecified atom stereocenters. The Labute approximate surface area is 133 Å². The van der Waals surface area contributed by atoms with Crippen molar-refractivity contribution in [3.63, 3.8) is 0 Å². The standard InChI is InChI=1S/C13H16ClN3O2S2/c1-21(18,19)17-7-3-6-16(8-9-17)13-15-12-10(14)4-2-5-11(12)20-13/h2,4-5H,3,6-9H2,1H3. The van der Waals surface area contributed by atoms with Crippen molar-refractivity contribution in [3.05, 3.63) is 23.2 Å². The lowest BCUT2D eigenvalue weighted by Crippen LogP contribution is -2.34. The summed E-state index contributed by atoms with van der Waals surface area (Å²) in [7, 11) is -3.12. The number of halogens is 1. The molecule has 0 bridgehead atoms. The molecular formula is C13H16ClN3O2S2. The maximum absolute atomic E-state index is 11.6. The van der Waals surface area contributed by atoms with Crippen molar-refractivity contribution in [2.75, 3.05) is 37.3 Å². The maximum atomic E-state index is 11.6. The third-order valence-corrected chi connectivity index (χ3v) is 6.24. The molecule has 0 saturated carbocycles. The minimum atomic E-state index is -3.12. The van der Waals surface area contributed by atoms with Gasteiger partial charge in [0.15, 0.2) is 5.13 Å². The number of rotatable bonds is 2. The number of thiazole rings is 1. The highest BCUT2D eigenvalue weighted by Crippen LogP contribution is 2.33. The molecule has 0 aliphatic carbocycles. The lowest BCUT2D eigenvalue weighted by atomic mass is 10.3. The Kier molecular flexibility index (Phi) is 4.09. The largest absolute Gasteiger partial charge is 0.347 e. The van der Waals surface area contributed by atoms with Crippen LogP contribution in [0.1, 0.15) is 6.42 Å². The van der Waals surface area contributed by atoms with Gasteiger partial charge in [-0.25, -0.2) is 17.7 Å². The summed E-state index contributed by atoms with van der Waals surface area (Å²) < 4.78 is 25.9. The molecule has 1 aliphatic heterocycles. The molecule has 114 valence electrons. The Morgan fingerprint density at radius 3 is 2.76 bits per heavy atom. The van der Waals surface area contributed by atoms with E-state index in [4.69, 9.17) is 11.6 Å². The number of hydrogen-bond acceptors (Lipinski definition) is 5. The van der Waals surface area contributed by atoms with E-state index in [-0.39, 0.29) is 0 Å². The van der Waals surface area contributed by atoms with E-state index in [1.165, 1.54) is 10.6 Å².